The number of anilines is 3. The Labute approximate surface area is 122 Å². The molecule has 8 heteroatoms. The molecule has 0 amide bonds. The number of nitrogens with zero attached hydrogens (tertiary/aromatic N) is 3. The number of aliphatic hydroxyl groups excluding tert-OH is 2. The summed E-state index contributed by atoms with van der Waals surface area (Å²) in [7, 11) is 1.74. The standard InChI is InChI=1S/C13H20N4O4/c1-16(4-5-18)12-9(14)2-3-11(15-12)17-7-8(19)6-10(17)13(20)21/h2-3,8,10,18-19H,4-7,14H2,1H3,(H,20,21). The molecule has 1 aromatic heterocycles. The molecule has 1 fully saturated rings. The van der Waals surface area contributed by atoms with Crippen molar-refractivity contribution in [1.29, 1.82) is 0 Å². The highest BCUT2D eigenvalue weighted by molar-refractivity contribution is 5.79. The van der Waals surface area contributed by atoms with Crippen LogP contribution < -0.4 is 15.5 Å². The van der Waals surface area contributed by atoms with E-state index in [1.807, 2.05) is 0 Å². The van der Waals surface area contributed by atoms with Crippen LogP contribution in [-0.2, 0) is 4.79 Å². The molecule has 0 aromatic carbocycles. The number of likely N-dealkylation sites (N-methyl/N-ethyl adjacent to an activating group) is 1. The number of aliphatic carboxylic acids is 1. The van der Waals surface area contributed by atoms with Crippen LogP contribution in [0, 0.1) is 0 Å². The van der Waals surface area contributed by atoms with E-state index in [1.165, 1.54) is 0 Å². The van der Waals surface area contributed by atoms with E-state index in [9.17, 15) is 15.0 Å². The van der Waals surface area contributed by atoms with Crippen molar-refractivity contribution in [2.75, 3.05) is 42.3 Å². The first-order valence-electron chi connectivity index (χ1n) is 6.70. The lowest BCUT2D eigenvalue weighted by molar-refractivity contribution is -0.138. The van der Waals surface area contributed by atoms with Crippen molar-refractivity contribution in [1.82, 2.24) is 4.98 Å². The van der Waals surface area contributed by atoms with E-state index in [4.69, 9.17) is 10.8 Å². The van der Waals surface area contributed by atoms with Gasteiger partial charge in [-0.2, -0.15) is 0 Å². The molecule has 2 atom stereocenters. The second-order valence-electron chi connectivity index (χ2n) is 5.12. The fourth-order valence-electron chi connectivity index (χ4n) is 2.47. The third kappa shape index (κ3) is 3.17. The summed E-state index contributed by atoms with van der Waals surface area (Å²) < 4.78 is 0. The molecule has 5 N–H and O–H groups in total. The highest BCUT2D eigenvalue weighted by atomic mass is 16.4. The van der Waals surface area contributed by atoms with Crippen LogP contribution in [0.2, 0.25) is 0 Å². The molecule has 8 nitrogen and oxygen atoms in total. The summed E-state index contributed by atoms with van der Waals surface area (Å²) >= 11 is 0. The zero-order valence-electron chi connectivity index (χ0n) is 11.8. The van der Waals surface area contributed by atoms with E-state index < -0.39 is 18.1 Å². The van der Waals surface area contributed by atoms with Gasteiger partial charge in [-0.25, -0.2) is 9.78 Å². The van der Waals surface area contributed by atoms with Crippen molar-refractivity contribution >= 4 is 23.3 Å². The van der Waals surface area contributed by atoms with E-state index in [-0.39, 0.29) is 19.6 Å². The Balaban J connectivity index is 2.31. The van der Waals surface area contributed by atoms with Gasteiger partial charge in [-0.1, -0.05) is 0 Å². The molecule has 0 radical (unpaired) electrons. The number of rotatable bonds is 5. The van der Waals surface area contributed by atoms with Crippen molar-refractivity contribution in [3.05, 3.63) is 12.1 Å². The first-order chi connectivity index (χ1) is 9.93. The van der Waals surface area contributed by atoms with Crippen LogP contribution in [0.5, 0.6) is 0 Å². The summed E-state index contributed by atoms with van der Waals surface area (Å²) in [5.74, 6) is -0.0598. The second-order valence-corrected chi connectivity index (χ2v) is 5.12. The van der Waals surface area contributed by atoms with Crippen LogP contribution >= 0.6 is 0 Å². The Morgan fingerprint density at radius 1 is 1.57 bits per heavy atom. The van der Waals surface area contributed by atoms with Crippen molar-refractivity contribution in [3.8, 4) is 0 Å². The van der Waals surface area contributed by atoms with E-state index in [1.54, 1.807) is 29.0 Å². The molecule has 0 saturated carbocycles. The van der Waals surface area contributed by atoms with Crippen LogP contribution in [0.1, 0.15) is 6.42 Å². The molecule has 21 heavy (non-hydrogen) atoms. The molecule has 2 rings (SSSR count). The van der Waals surface area contributed by atoms with Gasteiger partial charge in [0.15, 0.2) is 5.82 Å². The predicted octanol–water partition coefficient (Wildman–Crippen LogP) is -0.883. The van der Waals surface area contributed by atoms with Crippen LogP contribution in [0.3, 0.4) is 0 Å². The average molecular weight is 296 g/mol. The van der Waals surface area contributed by atoms with E-state index in [0.717, 1.165) is 0 Å². The monoisotopic (exact) mass is 296 g/mol. The van der Waals surface area contributed by atoms with E-state index >= 15 is 0 Å². The SMILES string of the molecule is CN(CCO)c1nc(N2CC(O)CC2C(=O)O)ccc1N. The number of carboxylic acids is 1. The van der Waals surface area contributed by atoms with Gasteiger partial charge in [0.05, 0.1) is 18.4 Å². The lowest BCUT2D eigenvalue weighted by atomic mass is 10.2. The van der Waals surface area contributed by atoms with Crippen LogP contribution in [0.15, 0.2) is 12.1 Å². The molecule has 1 saturated heterocycles. The predicted molar refractivity (Wildman–Crippen MR) is 78.4 cm³/mol. The molecule has 1 aliphatic heterocycles. The Kier molecular flexibility index (Phi) is 4.49. The topological polar surface area (TPSA) is 123 Å². The molecule has 2 unspecified atom stereocenters. The number of carboxylic acid groups (broad SMARTS) is 1. The highest BCUT2D eigenvalue weighted by Gasteiger charge is 2.37. The largest absolute Gasteiger partial charge is 0.480 e. The number of β-amino-alcohol motifs (C(OH)–C–C–N with tert-alkyl or cyclic N) is 1. The van der Waals surface area contributed by atoms with E-state index in [0.29, 0.717) is 23.9 Å². The van der Waals surface area contributed by atoms with Crippen molar-refractivity contribution < 1.29 is 20.1 Å². The van der Waals surface area contributed by atoms with Gasteiger partial charge < -0.3 is 30.9 Å². The first kappa shape index (κ1) is 15.3. The maximum atomic E-state index is 11.3. The van der Waals surface area contributed by atoms with E-state index in [2.05, 4.69) is 4.98 Å². The quantitative estimate of drug-likeness (QED) is 0.552. The minimum Gasteiger partial charge on any atom is -0.480 e. The first-order valence-corrected chi connectivity index (χ1v) is 6.70. The lowest BCUT2D eigenvalue weighted by Gasteiger charge is -2.25. The molecular weight excluding hydrogens is 276 g/mol. The summed E-state index contributed by atoms with van der Waals surface area (Å²) in [4.78, 5) is 18.9. The number of hydrogen-bond acceptors (Lipinski definition) is 7. The number of pyridine rings is 1. The fourth-order valence-corrected chi connectivity index (χ4v) is 2.47. The van der Waals surface area contributed by atoms with Gasteiger partial charge in [0.1, 0.15) is 11.9 Å². The van der Waals surface area contributed by atoms with Gasteiger partial charge in [-0.05, 0) is 12.1 Å². The zero-order valence-corrected chi connectivity index (χ0v) is 11.8. The fraction of sp³-hybridized carbons (Fsp3) is 0.538. The Hall–Kier alpha value is -2.06. The molecular formula is C13H20N4O4. The maximum absolute atomic E-state index is 11.3. The van der Waals surface area contributed by atoms with Gasteiger partial charge in [-0.3, -0.25) is 0 Å². The summed E-state index contributed by atoms with van der Waals surface area (Å²) in [6.45, 7) is 0.546. The van der Waals surface area contributed by atoms with Crippen molar-refractivity contribution in [2.45, 2.75) is 18.6 Å². The zero-order chi connectivity index (χ0) is 15.6. The second kappa shape index (κ2) is 6.15. The number of aliphatic hydroxyl groups is 2. The molecule has 0 spiro atoms. The van der Waals surface area contributed by atoms with Gasteiger partial charge in [0.25, 0.3) is 0 Å². The smallest absolute Gasteiger partial charge is 0.326 e. The Morgan fingerprint density at radius 2 is 2.29 bits per heavy atom. The summed E-state index contributed by atoms with van der Waals surface area (Å²) in [5.41, 5.74) is 6.32. The molecule has 2 heterocycles. The average Bonchev–Trinajstić information content (AvgIpc) is 2.82. The minimum absolute atomic E-state index is 0.0397. The summed E-state index contributed by atoms with van der Waals surface area (Å²) in [6.07, 6.45) is -0.521. The van der Waals surface area contributed by atoms with Crippen LogP contribution in [-0.4, -0.2) is 65.2 Å². The third-order valence-electron chi connectivity index (χ3n) is 3.55. The Bertz CT molecular complexity index is 525. The van der Waals surface area contributed by atoms with Crippen LogP contribution in [0.25, 0.3) is 0 Å². The summed E-state index contributed by atoms with van der Waals surface area (Å²) in [5, 5.41) is 27.9. The molecule has 1 aromatic rings. The lowest BCUT2D eigenvalue weighted by Crippen LogP contribution is -2.37. The molecule has 1 aliphatic rings. The highest BCUT2D eigenvalue weighted by Crippen LogP contribution is 2.29. The van der Waals surface area contributed by atoms with Gasteiger partial charge in [0, 0.05) is 26.6 Å². The maximum Gasteiger partial charge on any atom is 0.326 e. The number of nitrogen functional groups attached to an aromatic ring is 1. The van der Waals surface area contributed by atoms with Crippen LogP contribution in [0.4, 0.5) is 17.3 Å². The number of nitrogens with two attached hydrogens (primary N) is 1. The molecule has 0 aliphatic carbocycles. The van der Waals surface area contributed by atoms with Gasteiger partial charge in [0.2, 0.25) is 0 Å². The van der Waals surface area contributed by atoms with Crippen molar-refractivity contribution in [3.63, 3.8) is 0 Å². The minimum atomic E-state index is -0.990. The van der Waals surface area contributed by atoms with Crippen molar-refractivity contribution in [2.24, 2.45) is 0 Å². The Morgan fingerprint density at radius 3 is 2.90 bits per heavy atom. The summed E-state index contributed by atoms with van der Waals surface area (Å²) in [6, 6.07) is 2.49. The number of aromatic nitrogens is 1. The number of carbonyl (C=O) groups is 1. The number of hydrogen-bond donors (Lipinski definition) is 4. The van der Waals surface area contributed by atoms with Gasteiger partial charge in [-0.15, -0.1) is 0 Å². The normalized spacial score (nSPS) is 21.6. The van der Waals surface area contributed by atoms with Gasteiger partial charge >= 0.3 is 5.97 Å². The molecule has 116 valence electrons. The molecule has 0 bridgehead atoms. The third-order valence-corrected chi connectivity index (χ3v) is 3.55.